The average Bonchev–Trinajstić information content (AvgIpc) is 2.54. The molecule has 4 nitrogen and oxygen atoms in total. The van der Waals surface area contributed by atoms with Gasteiger partial charge in [-0.2, -0.15) is 5.26 Å². The Hall–Kier alpha value is -1.25. The highest BCUT2D eigenvalue weighted by molar-refractivity contribution is 7.99. The molecule has 0 bridgehead atoms. The van der Waals surface area contributed by atoms with Crippen molar-refractivity contribution in [3.8, 4) is 6.07 Å². The minimum Gasteiger partial charge on any atom is -0.378 e. The highest BCUT2D eigenvalue weighted by Gasteiger charge is 2.26. The molecule has 1 aliphatic heterocycles. The van der Waals surface area contributed by atoms with E-state index in [1.54, 1.807) is 11.8 Å². The molecule has 0 atom stereocenters. The minimum absolute atomic E-state index is 0.429. The topological polar surface area (TPSA) is 49.2 Å². The molecule has 2 heterocycles. The second-order valence-corrected chi connectivity index (χ2v) is 7.72. The van der Waals surface area contributed by atoms with Crippen LogP contribution in [0.2, 0.25) is 0 Å². The molecule has 1 saturated heterocycles. The Morgan fingerprint density at radius 3 is 2.50 bits per heavy atom. The first kappa shape index (κ1) is 15.6. The van der Waals surface area contributed by atoms with E-state index in [9.17, 15) is 5.26 Å². The van der Waals surface area contributed by atoms with Gasteiger partial charge in [-0.3, -0.25) is 0 Å². The van der Waals surface area contributed by atoms with Crippen molar-refractivity contribution in [1.82, 2.24) is 4.98 Å². The zero-order chi connectivity index (χ0) is 15.5. The van der Waals surface area contributed by atoms with Crippen molar-refractivity contribution >= 4 is 17.6 Å². The van der Waals surface area contributed by atoms with Crippen LogP contribution in [0.15, 0.2) is 5.03 Å². The Bertz CT molecular complexity index is 589. The van der Waals surface area contributed by atoms with Crippen LogP contribution in [0.25, 0.3) is 0 Å². The van der Waals surface area contributed by atoms with Crippen molar-refractivity contribution < 1.29 is 4.74 Å². The summed E-state index contributed by atoms with van der Waals surface area (Å²) >= 11 is 1.71. The van der Waals surface area contributed by atoms with E-state index in [1.807, 2.05) is 0 Å². The average molecular weight is 317 g/mol. The number of pyridine rings is 1. The molecule has 1 aromatic rings. The first-order valence-electron chi connectivity index (χ1n) is 8.16. The van der Waals surface area contributed by atoms with Gasteiger partial charge in [0.2, 0.25) is 0 Å². The molecule has 22 heavy (non-hydrogen) atoms. The van der Waals surface area contributed by atoms with Crippen molar-refractivity contribution in [2.24, 2.45) is 0 Å². The van der Waals surface area contributed by atoms with Gasteiger partial charge < -0.3 is 9.64 Å². The number of aromatic nitrogens is 1. The number of morpholine rings is 1. The number of nitriles is 1. The number of hydrogen-bond acceptors (Lipinski definition) is 5. The monoisotopic (exact) mass is 317 g/mol. The van der Waals surface area contributed by atoms with Crippen LogP contribution in [0, 0.1) is 11.3 Å². The third-order valence-corrected chi connectivity index (χ3v) is 5.22. The number of hydrogen-bond donors (Lipinski definition) is 0. The predicted octanol–water partition coefficient (Wildman–Crippen LogP) is 3.17. The molecule has 0 N–H and O–H groups in total. The molecular formula is C17H23N3OS. The van der Waals surface area contributed by atoms with E-state index in [0.29, 0.717) is 5.25 Å². The maximum absolute atomic E-state index is 9.65. The SMILES string of the molecule is CC(C)Sc1nc(N2CCOCC2)c2c(c1C#N)CCCC2. The Balaban J connectivity index is 2.09. The highest BCUT2D eigenvalue weighted by atomic mass is 32.2. The Labute approximate surface area is 136 Å². The van der Waals surface area contributed by atoms with Crippen LogP contribution in [0.5, 0.6) is 0 Å². The number of rotatable bonds is 3. The standard InChI is InChI=1S/C17H23N3OS/c1-12(2)22-17-15(11-18)13-5-3-4-6-14(13)16(19-17)20-7-9-21-10-8-20/h12H,3-10H2,1-2H3. The third kappa shape index (κ3) is 3.09. The van der Waals surface area contributed by atoms with Gasteiger partial charge in [-0.25, -0.2) is 4.98 Å². The molecule has 0 aromatic carbocycles. The highest BCUT2D eigenvalue weighted by Crippen LogP contribution is 2.37. The van der Waals surface area contributed by atoms with Gasteiger partial charge in [0, 0.05) is 18.3 Å². The summed E-state index contributed by atoms with van der Waals surface area (Å²) in [5, 5.41) is 11.0. The lowest BCUT2D eigenvalue weighted by Crippen LogP contribution is -2.38. The first-order chi connectivity index (χ1) is 10.7. The molecular weight excluding hydrogens is 294 g/mol. The maximum atomic E-state index is 9.65. The van der Waals surface area contributed by atoms with Crippen LogP contribution in [0.4, 0.5) is 5.82 Å². The number of anilines is 1. The molecule has 3 rings (SSSR count). The third-order valence-electron chi connectivity index (χ3n) is 4.23. The first-order valence-corrected chi connectivity index (χ1v) is 9.04. The van der Waals surface area contributed by atoms with Crippen molar-refractivity contribution in [3.63, 3.8) is 0 Å². The molecule has 1 aliphatic carbocycles. The fraction of sp³-hybridized carbons (Fsp3) is 0.647. The van der Waals surface area contributed by atoms with Gasteiger partial charge in [0.05, 0.1) is 18.8 Å². The van der Waals surface area contributed by atoms with E-state index in [0.717, 1.165) is 55.6 Å². The van der Waals surface area contributed by atoms with Crippen molar-refractivity contribution in [2.45, 2.75) is 49.8 Å². The van der Waals surface area contributed by atoms with Crippen LogP contribution in [-0.4, -0.2) is 36.5 Å². The summed E-state index contributed by atoms with van der Waals surface area (Å²) < 4.78 is 5.48. The number of nitrogens with zero attached hydrogens (tertiary/aromatic N) is 3. The molecule has 5 heteroatoms. The summed E-state index contributed by atoms with van der Waals surface area (Å²) in [4.78, 5) is 7.28. The quantitative estimate of drug-likeness (QED) is 0.801. The van der Waals surface area contributed by atoms with Crippen LogP contribution >= 0.6 is 11.8 Å². The largest absolute Gasteiger partial charge is 0.378 e. The summed E-state index contributed by atoms with van der Waals surface area (Å²) in [5.74, 6) is 1.11. The van der Waals surface area contributed by atoms with Gasteiger partial charge in [0.15, 0.2) is 0 Å². The van der Waals surface area contributed by atoms with E-state index in [2.05, 4.69) is 24.8 Å². The van der Waals surface area contributed by atoms with Crippen LogP contribution in [0.3, 0.4) is 0 Å². The van der Waals surface area contributed by atoms with Crippen LogP contribution < -0.4 is 4.90 Å². The predicted molar refractivity (Wildman–Crippen MR) is 89.6 cm³/mol. The number of fused-ring (bicyclic) bond motifs is 1. The number of thioether (sulfide) groups is 1. The normalized spacial score (nSPS) is 18.2. The summed E-state index contributed by atoms with van der Waals surface area (Å²) in [5.41, 5.74) is 3.40. The molecule has 0 spiro atoms. The van der Waals surface area contributed by atoms with Gasteiger partial charge in [-0.1, -0.05) is 13.8 Å². The van der Waals surface area contributed by atoms with E-state index in [-0.39, 0.29) is 0 Å². The van der Waals surface area contributed by atoms with Gasteiger partial charge in [0.25, 0.3) is 0 Å². The number of ether oxygens (including phenoxy) is 1. The lowest BCUT2D eigenvalue weighted by Gasteiger charge is -2.32. The van der Waals surface area contributed by atoms with Crippen molar-refractivity contribution in [2.75, 3.05) is 31.2 Å². The summed E-state index contributed by atoms with van der Waals surface area (Å²) in [6, 6.07) is 2.43. The van der Waals surface area contributed by atoms with Crippen molar-refractivity contribution in [3.05, 3.63) is 16.7 Å². The zero-order valence-corrected chi connectivity index (χ0v) is 14.2. The zero-order valence-electron chi connectivity index (χ0n) is 13.4. The molecule has 0 radical (unpaired) electrons. The molecule has 1 aromatic heterocycles. The molecule has 1 fully saturated rings. The van der Waals surface area contributed by atoms with Gasteiger partial charge in [-0.05, 0) is 36.8 Å². The van der Waals surface area contributed by atoms with Gasteiger partial charge in [-0.15, -0.1) is 11.8 Å². The molecule has 2 aliphatic rings. The van der Waals surface area contributed by atoms with Gasteiger partial charge >= 0.3 is 0 Å². The van der Waals surface area contributed by atoms with Crippen molar-refractivity contribution in [1.29, 1.82) is 5.26 Å². The fourth-order valence-corrected chi connectivity index (χ4v) is 4.11. The fourth-order valence-electron chi connectivity index (χ4n) is 3.24. The second kappa shape index (κ2) is 6.89. The molecule has 0 saturated carbocycles. The summed E-state index contributed by atoms with van der Waals surface area (Å²) in [7, 11) is 0. The Morgan fingerprint density at radius 2 is 1.86 bits per heavy atom. The summed E-state index contributed by atoms with van der Waals surface area (Å²) in [6.07, 6.45) is 4.45. The van der Waals surface area contributed by atoms with Gasteiger partial charge in [0.1, 0.15) is 16.9 Å². The lowest BCUT2D eigenvalue weighted by atomic mass is 9.89. The second-order valence-electron chi connectivity index (χ2n) is 6.16. The van der Waals surface area contributed by atoms with E-state index in [1.165, 1.54) is 24.0 Å². The smallest absolute Gasteiger partial charge is 0.133 e. The van der Waals surface area contributed by atoms with Crippen LogP contribution in [-0.2, 0) is 17.6 Å². The minimum atomic E-state index is 0.429. The Kier molecular flexibility index (Phi) is 4.90. The van der Waals surface area contributed by atoms with E-state index >= 15 is 0 Å². The van der Waals surface area contributed by atoms with Crippen LogP contribution in [0.1, 0.15) is 43.4 Å². The molecule has 0 amide bonds. The maximum Gasteiger partial charge on any atom is 0.133 e. The van der Waals surface area contributed by atoms with E-state index in [4.69, 9.17) is 9.72 Å². The molecule has 118 valence electrons. The summed E-state index contributed by atoms with van der Waals surface area (Å²) in [6.45, 7) is 7.64. The van der Waals surface area contributed by atoms with E-state index < -0.39 is 0 Å². The molecule has 0 unspecified atom stereocenters. The lowest BCUT2D eigenvalue weighted by molar-refractivity contribution is 0.122. The Morgan fingerprint density at radius 1 is 1.18 bits per heavy atom.